The normalized spacial score (nSPS) is 14.8. The highest BCUT2D eigenvalue weighted by molar-refractivity contribution is 9.11. The van der Waals surface area contributed by atoms with Gasteiger partial charge in [-0.05, 0) is 47.6 Å². The highest BCUT2D eigenvalue weighted by atomic mass is 79.9. The summed E-state index contributed by atoms with van der Waals surface area (Å²) in [6.07, 6.45) is 1.03. The Hall–Kier alpha value is 0.450. The summed E-state index contributed by atoms with van der Waals surface area (Å²) in [7, 11) is 0. The Bertz CT molecular complexity index is 353. The molecular formula is C14H25BrN2S2. The molecule has 0 aliphatic rings. The first-order valence-corrected chi connectivity index (χ1v) is 9.62. The molecule has 0 aliphatic heterocycles. The maximum atomic E-state index is 6.30. The third-order valence-corrected chi connectivity index (χ3v) is 6.57. The third-order valence-electron chi connectivity index (χ3n) is 3.33. The average molecular weight is 365 g/mol. The van der Waals surface area contributed by atoms with Crippen LogP contribution in [0, 0.1) is 0 Å². The molecule has 0 spiro atoms. The summed E-state index contributed by atoms with van der Waals surface area (Å²) < 4.78 is 1.19. The van der Waals surface area contributed by atoms with Crippen LogP contribution >= 0.6 is 39.0 Å². The summed E-state index contributed by atoms with van der Waals surface area (Å²) in [5, 5.41) is 0.428. The summed E-state index contributed by atoms with van der Waals surface area (Å²) in [5.74, 6) is 1.15. The molecule has 2 N–H and O–H groups in total. The zero-order valence-corrected chi connectivity index (χ0v) is 15.3. The summed E-state index contributed by atoms with van der Waals surface area (Å²) in [6, 6.07) is 4.58. The van der Waals surface area contributed by atoms with Gasteiger partial charge in [0.05, 0.1) is 9.04 Å². The Labute approximate surface area is 134 Å². The van der Waals surface area contributed by atoms with Crippen LogP contribution in [-0.4, -0.2) is 36.3 Å². The standard InChI is InChI=1S/C14H25BrN2S2/c1-4-11(16)14(12-7-8-13(15)19-12)18-10-9-17(5-2)6-3/h7-8,11,14H,4-6,9-10,16H2,1-3H3. The lowest BCUT2D eigenvalue weighted by molar-refractivity contribution is 0.323. The van der Waals surface area contributed by atoms with E-state index >= 15 is 0 Å². The minimum absolute atomic E-state index is 0.243. The van der Waals surface area contributed by atoms with Gasteiger partial charge >= 0.3 is 0 Å². The van der Waals surface area contributed by atoms with Crippen LogP contribution < -0.4 is 5.73 Å². The van der Waals surface area contributed by atoms with E-state index in [4.69, 9.17) is 5.73 Å². The first-order valence-electron chi connectivity index (χ1n) is 6.97. The van der Waals surface area contributed by atoms with E-state index < -0.39 is 0 Å². The molecule has 0 saturated heterocycles. The summed E-state index contributed by atoms with van der Waals surface area (Å²) in [4.78, 5) is 3.86. The summed E-state index contributed by atoms with van der Waals surface area (Å²) in [5.41, 5.74) is 6.30. The van der Waals surface area contributed by atoms with Gasteiger partial charge in [-0.15, -0.1) is 23.1 Å². The molecule has 0 aromatic carbocycles. The predicted octanol–water partition coefficient (Wildman–Crippen LogP) is 4.36. The molecule has 0 aliphatic carbocycles. The molecule has 5 heteroatoms. The molecular weight excluding hydrogens is 340 g/mol. The monoisotopic (exact) mass is 364 g/mol. The quantitative estimate of drug-likeness (QED) is 0.705. The number of thioether (sulfide) groups is 1. The lowest BCUT2D eigenvalue weighted by Gasteiger charge is -2.23. The molecule has 1 heterocycles. The Morgan fingerprint density at radius 3 is 2.47 bits per heavy atom. The van der Waals surface area contributed by atoms with Gasteiger partial charge in [0.2, 0.25) is 0 Å². The van der Waals surface area contributed by atoms with Gasteiger partial charge in [0.25, 0.3) is 0 Å². The molecule has 0 bridgehead atoms. The topological polar surface area (TPSA) is 29.3 Å². The van der Waals surface area contributed by atoms with Gasteiger partial charge < -0.3 is 10.6 Å². The van der Waals surface area contributed by atoms with E-state index in [2.05, 4.69) is 53.7 Å². The average Bonchev–Trinajstić information content (AvgIpc) is 2.84. The van der Waals surface area contributed by atoms with Crippen LogP contribution in [0.3, 0.4) is 0 Å². The number of halogens is 1. The largest absolute Gasteiger partial charge is 0.326 e. The highest BCUT2D eigenvalue weighted by Crippen LogP contribution is 2.38. The van der Waals surface area contributed by atoms with Gasteiger partial charge in [0.1, 0.15) is 0 Å². The van der Waals surface area contributed by atoms with Crippen LogP contribution in [0.2, 0.25) is 0 Å². The number of thiophene rings is 1. The molecule has 2 unspecified atom stereocenters. The van der Waals surface area contributed by atoms with Crippen LogP contribution in [0.4, 0.5) is 0 Å². The first kappa shape index (κ1) is 17.5. The number of hydrogen-bond donors (Lipinski definition) is 1. The van der Waals surface area contributed by atoms with Crippen molar-refractivity contribution in [2.24, 2.45) is 5.73 Å². The molecule has 1 rings (SSSR count). The summed E-state index contributed by atoms with van der Waals surface area (Å²) in [6.45, 7) is 10.0. The predicted molar refractivity (Wildman–Crippen MR) is 93.3 cm³/mol. The van der Waals surface area contributed by atoms with Gasteiger partial charge in [0, 0.05) is 23.2 Å². The minimum Gasteiger partial charge on any atom is -0.326 e. The van der Waals surface area contributed by atoms with Crippen LogP contribution in [0.25, 0.3) is 0 Å². The SMILES string of the molecule is CCC(N)C(SCCN(CC)CC)c1ccc(Br)s1. The molecule has 0 radical (unpaired) electrons. The molecule has 1 aromatic heterocycles. The van der Waals surface area contributed by atoms with Crippen molar-refractivity contribution in [3.05, 3.63) is 20.8 Å². The molecule has 2 atom stereocenters. The number of hydrogen-bond acceptors (Lipinski definition) is 4. The number of nitrogens with two attached hydrogens (primary N) is 1. The van der Waals surface area contributed by atoms with E-state index in [1.165, 1.54) is 8.66 Å². The molecule has 1 aromatic rings. The van der Waals surface area contributed by atoms with Gasteiger partial charge in [0.15, 0.2) is 0 Å². The fourth-order valence-electron chi connectivity index (χ4n) is 1.96. The second kappa shape index (κ2) is 9.40. The van der Waals surface area contributed by atoms with Crippen molar-refractivity contribution in [3.8, 4) is 0 Å². The Kier molecular flexibility index (Phi) is 8.66. The van der Waals surface area contributed by atoms with Gasteiger partial charge in [-0.1, -0.05) is 20.8 Å². The van der Waals surface area contributed by atoms with Gasteiger partial charge in [-0.3, -0.25) is 0 Å². The van der Waals surface area contributed by atoms with Crippen molar-refractivity contribution in [1.82, 2.24) is 4.90 Å². The van der Waals surface area contributed by atoms with Crippen LogP contribution in [0.5, 0.6) is 0 Å². The van der Waals surface area contributed by atoms with E-state index in [-0.39, 0.29) is 6.04 Å². The fourth-order valence-corrected chi connectivity index (χ4v) is 5.09. The van der Waals surface area contributed by atoms with E-state index in [0.717, 1.165) is 31.8 Å². The minimum atomic E-state index is 0.243. The van der Waals surface area contributed by atoms with E-state index in [1.807, 2.05) is 23.1 Å². The molecule has 0 fully saturated rings. The summed E-state index contributed by atoms with van der Waals surface area (Å²) >= 11 is 7.36. The van der Waals surface area contributed by atoms with E-state index in [0.29, 0.717) is 5.25 Å². The highest BCUT2D eigenvalue weighted by Gasteiger charge is 2.20. The lowest BCUT2D eigenvalue weighted by Crippen LogP contribution is -2.28. The zero-order chi connectivity index (χ0) is 14.3. The second-order valence-electron chi connectivity index (χ2n) is 4.53. The van der Waals surface area contributed by atoms with Crippen LogP contribution in [0.15, 0.2) is 15.9 Å². The number of nitrogens with zero attached hydrogens (tertiary/aromatic N) is 1. The third kappa shape index (κ3) is 5.76. The fraction of sp³-hybridized carbons (Fsp3) is 0.714. The van der Waals surface area contributed by atoms with Crippen molar-refractivity contribution < 1.29 is 0 Å². The Balaban J connectivity index is 2.56. The zero-order valence-electron chi connectivity index (χ0n) is 12.1. The second-order valence-corrected chi connectivity index (χ2v) is 8.28. The van der Waals surface area contributed by atoms with Gasteiger partial charge in [-0.25, -0.2) is 0 Å². The first-order chi connectivity index (χ1) is 9.12. The molecule has 0 amide bonds. The number of rotatable bonds is 9. The lowest BCUT2D eigenvalue weighted by atomic mass is 10.1. The van der Waals surface area contributed by atoms with Gasteiger partial charge in [-0.2, -0.15) is 0 Å². The van der Waals surface area contributed by atoms with Crippen molar-refractivity contribution in [2.75, 3.05) is 25.4 Å². The van der Waals surface area contributed by atoms with Crippen molar-refractivity contribution in [1.29, 1.82) is 0 Å². The van der Waals surface area contributed by atoms with Crippen molar-refractivity contribution >= 4 is 39.0 Å². The molecule has 19 heavy (non-hydrogen) atoms. The maximum absolute atomic E-state index is 6.30. The van der Waals surface area contributed by atoms with Crippen molar-refractivity contribution in [3.63, 3.8) is 0 Å². The van der Waals surface area contributed by atoms with Crippen LogP contribution in [0.1, 0.15) is 37.3 Å². The maximum Gasteiger partial charge on any atom is 0.0701 e. The molecule has 2 nitrogen and oxygen atoms in total. The van der Waals surface area contributed by atoms with Crippen molar-refractivity contribution in [2.45, 2.75) is 38.5 Å². The van der Waals surface area contributed by atoms with E-state index in [9.17, 15) is 0 Å². The smallest absolute Gasteiger partial charge is 0.0701 e. The molecule has 0 saturated carbocycles. The Morgan fingerprint density at radius 2 is 2.00 bits per heavy atom. The van der Waals surface area contributed by atoms with E-state index in [1.54, 1.807) is 0 Å². The molecule has 110 valence electrons. The van der Waals surface area contributed by atoms with Crippen LogP contribution in [-0.2, 0) is 0 Å². The Morgan fingerprint density at radius 1 is 1.32 bits per heavy atom.